The van der Waals surface area contributed by atoms with E-state index in [1.54, 1.807) is 0 Å². The number of aromatic hydroxyl groups is 2. The van der Waals surface area contributed by atoms with Crippen LogP contribution in [0, 0.1) is 0 Å². The predicted octanol–water partition coefficient (Wildman–Crippen LogP) is 0.246. The lowest BCUT2D eigenvalue weighted by atomic mass is 10.1. The van der Waals surface area contributed by atoms with Gasteiger partial charge in [0.25, 0.3) is 10.1 Å². The van der Waals surface area contributed by atoms with Crippen molar-refractivity contribution in [1.29, 1.82) is 0 Å². The minimum Gasteiger partial charge on any atom is -0.504 e. The zero-order valence-electron chi connectivity index (χ0n) is 8.58. The summed E-state index contributed by atoms with van der Waals surface area (Å²) in [6.45, 7) is 0. The first kappa shape index (κ1) is 12.8. The summed E-state index contributed by atoms with van der Waals surface area (Å²) in [6.07, 6.45) is 0. The fraction of sp³-hybridized carbons (Fsp3) is 0.333. The molecule has 90 valence electrons. The molecule has 0 bridgehead atoms. The quantitative estimate of drug-likeness (QED) is 0.448. The van der Waals surface area contributed by atoms with E-state index in [4.69, 9.17) is 9.66 Å². The molecule has 0 aliphatic rings. The molecule has 1 aromatic carbocycles. The van der Waals surface area contributed by atoms with Crippen LogP contribution in [0.15, 0.2) is 18.2 Å². The second-order valence-electron chi connectivity index (χ2n) is 3.34. The third-order valence-electron chi connectivity index (χ3n) is 2.13. The fourth-order valence-electron chi connectivity index (χ4n) is 1.31. The molecule has 0 unspecified atom stereocenters. The van der Waals surface area contributed by atoms with Crippen molar-refractivity contribution >= 4 is 10.1 Å². The molecule has 0 saturated carbocycles. The molecule has 16 heavy (non-hydrogen) atoms. The average Bonchev–Trinajstić information content (AvgIpc) is 2.17. The van der Waals surface area contributed by atoms with Crippen LogP contribution in [0.4, 0.5) is 0 Å². The lowest BCUT2D eigenvalue weighted by molar-refractivity contribution is 0.402. The van der Waals surface area contributed by atoms with Gasteiger partial charge in [0, 0.05) is 6.04 Å². The Morgan fingerprint density at radius 1 is 1.31 bits per heavy atom. The average molecular weight is 247 g/mol. The molecule has 0 heterocycles. The highest BCUT2D eigenvalue weighted by molar-refractivity contribution is 7.85. The van der Waals surface area contributed by atoms with Crippen molar-refractivity contribution in [2.75, 3.05) is 12.8 Å². The SMILES string of the molecule is CN[C@H](CS(=O)(=O)O)c1ccc(O)c(O)c1. The minimum atomic E-state index is -4.11. The van der Waals surface area contributed by atoms with Gasteiger partial charge < -0.3 is 15.5 Å². The van der Waals surface area contributed by atoms with Crippen LogP contribution in [0.1, 0.15) is 11.6 Å². The van der Waals surface area contributed by atoms with Crippen molar-refractivity contribution in [1.82, 2.24) is 5.32 Å². The molecular formula is C9H13NO5S. The number of phenols is 2. The normalized spacial score (nSPS) is 13.6. The molecule has 0 aromatic heterocycles. The molecular weight excluding hydrogens is 234 g/mol. The molecule has 0 amide bonds. The van der Waals surface area contributed by atoms with Crippen molar-refractivity contribution in [2.24, 2.45) is 0 Å². The largest absolute Gasteiger partial charge is 0.504 e. The summed E-state index contributed by atoms with van der Waals surface area (Å²) in [5.41, 5.74) is 0.454. The van der Waals surface area contributed by atoms with E-state index in [1.165, 1.54) is 25.2 Å². The summed E-state index contributed by atoms with van der Waals surface area (Å²) < 4.78 is 30.2. The summed E-state index contributed by atoms with van der Waals surface area (Å²) in [6, 6.07) is 3.30. The van der Waals surface area contributed by atoms with E-state index in [1.807, 2.05) is 0 Å². The van der Waals surface area contributed by atoms with Crippen LogP contribution in [0.2, 0.25) is 0 Å². The second-order valence-corrected chi connectivity index (χ2v) is 4.84. The molecule has 7 heteroatoms. The topological polar surface area (TPSA) is 107 Å². The molecule has 0 saturated heterocycles. The zero-order valence-corrected chi connectivity index (χ0v) is 9.40. The number of nitrogens with one attached hydrogen (secondary N) is 1. The van der Waals surface area contributed by atoms with Crippen LogP contribution in [0.3, 0.4) is 0 Å². The van der Waals surface area contributed by atoms with Crippen molar-refractivity contribution in [3.63, 3.8) is 0 Å². The Labute approximate surface area is 93.3 Å². The number of rotatable bonds is 4. The highest BCUT2D eigenvalue weighted by atomic mass is 32.2. The maximum Gasteiger partial charge on any atom is 0.266 e. The van der Waals surface area contributed by atoms with Gasteiger partial charge in [0.2, 0.25) is 0 Å². The Hall–Kier alpha value is -1.31. The Kier molecular flexibility index (Phi) is 3.74. The third-order valence-corrected chi connectivity index (χ3v) is 2.88. The van der Waals surface area contributed by atoms with E-state index in [-0.39, 0.29) is 11.5 Å². The van der Waals surface area contributed by atoms with E-state index in [9.17, 15) is 13.5 Å². The molecule has 1 rings (SSSR count). The molecule has 0 aliphatic heterocycles. The zero-order chi connectivity index (χ0) is 12.3. The Morgan fingerprint density at radius 2 is 1.94 bits per heavy atom. The number of hydrogen-bond donors (Lipinski definition) is 4. The van der Waals surface area contributed by atoms with Gasteiger partial charge in [0.05, 0.1) is 5.75 Å². The van der Waals surface area contributed by atoms with Gasteiger partial charge in [-0.15, -0.1) is 0 Å². The van der Waals surface area contributed by atoms with Crippen molar-refractivity contribution in [3.8, 4) is 11.5 Å². The highest BCUT2D eigenvalue weighted by Crippen LogP contribution is 2.28. The fourth-order valence-corrected chi connectivity index (χ4v) is 2.09. The van der Waals surface area contributed by atoms with E-state index in [0.29, 0.717) is 5.56 Å². The Balaban J connectivity index is 3.00. The Bertz CT molecular complexity index is 471. The summed E-state index contributed by atoms with van der Waals surface area (Å²) in [5, 5.41) is 21.0. The second kappa shape index (κ2) is 4.69. The van der Waals surface area contributed by atoms with Crippen LogP contribution < -0.4 is 5.32 Å². The molecule has 4 N–H and O–H groups in total. The van der Waals surface area contributed by atoms with Gasteiger partial charge >= 0.3 is 0 Å². The van der Waals surface area contributed by atoms with Crippen LogP contribution in [0.25, 0.3) is 0 Å². The van der Waals surface area contributed by atoms with Gasteiger partial charge in [-0.25, -0.2) is 0 Å². The molecule has 0 spiro atoms. The van der Waals surface area contributed by atoms with Gasteiger partial charge in [-0.1, -0.05) is 6.07 Å². The molecule has 1 aromatic rings. The van der Waals surface area contributed by atoms with Crippen LogP contribution >= 0.6 is 0 Å². The van der Waals surface area contributed by atoms with Gasteiger partial charge in [-0.2, -0.15) is 8.42 Å². The molecule has 0 radical (unpaired) electrons. The summed E-state index contributed by atoms with van der Waals surface area (Å²) in [5.74, 6) is -1.13. The predicted molar refractivity (Wildman–Crippen MR) is 58.0 cm³/mol. The van der Waals surface area contributed by atoms with Gasteiger partial charge in [-0.05, 0) is 24.7 Å². The van der Waals surface area contributed by atoms with Gasteiger partial charge in [-0.3, -0.25) is 4.55 Å². The van der Waals surface area contributed by atoms with Gasteiger partial charge in [0.1, 0.15) is 0 Å². The van der Waals surface area contributed by atoms with E-state index in [2.05, 4.69) is 5.32 Å². The van der Waals surface area contributed by atoms with Crippen molar-refractivity contribution in [2.45, 2.75) is 6.04 Å². The number of benzene rings is 1. The smallest absolute Gasteiger partial charge is 0.266 e. The Morgan fingerprint density at radius 3 is 2.38 bits per heavy atom. The van der Waals surface area contributed by atoms with Crippen LogP contribution in [0.5, 0.6) is 11.5 Å². The summed E-state index contributed by atoms with van der Waals surface area (Å²) in [4.78, 5) is 0. The molecule has 0 aliphatic carbocycles. The van der Waals surface area contributed by atoms with Crippen LogP contribution in [-0.2, 0) is 10.1 Å². The molecule has 0 fully saturated rings. The first-order chi connectivity index (χ1) is 7.33. The first-order valence-electron chi connectivity index (χ1n) is 4.48. The van der Waals surface area contributed by atoms with E-state index < -0.39 is 21.9 Å². The van der Waals surface area contributed by atoms with E-state index in [0.717, 1.165) is 0 Å². The van der Waals surface area contributed by atoms with Gasteiger partial charge in [0.15, 0.2) is 11.5 Å². The lowest BCUT2D eigenvalue weighted by Crippen LogP contribution is -2.24. The maximum atomic E-state index is 10.7. The lowest BCUT2D eigenvalue weighted by Gasteiger charge is -2.15. The molecule has 6 nitrogen and oxygen atoms in total. The van der Waals surface area contributed by atoms with Crippen molar-refractivity contribution in [3.05, 3.63) is 23.8 Å². The number of hydrogen-bond acceptors (Lipinski definition) is 5. The highest BCUT2D eigenvalue weighted by Gasteiger charge is 2.18. The van der Waals surface area contributed by atoms with Crippen LogP contribution in [-0.4, -0.2) is 36.0 Å². The monoisotopic (exact) mass is 247 g/mol. The van der Waals surface area contributed by atoms with E-state index >= 15 is 0 Å². The molecule has 1 atom stereocenters. The summed E-state index contributed by atoms with van der Waals surface area (Å²) in [7, 11) is -2.59. The minimum absolute atomic E-state index is 0.287. The number of phenolic OH excluding ortho intramolecular Hbond substituents is 2. The van der Waals surface area contributed by atoms with Crippen molar-refractivity contribution < 1.29 is 23.2 Å². The first-order valence-corrected chi connectivity index (χ1v) is 6.08. The standard InChI is InChI=1S/C9H13NO5S/c1-10-7(5-16(13,14)15)6-2-3-8(11)9(12)4-6/h2-4,7,10-12H,5H2,1H3,(H,13,14,15)/t7-/m1/s1. The maximum absolute atomic E-state index is 10.7. The third kappa shape index (κ3) is 3.37. The summed E-state index contributed by atoms with van der Waals surface area (Å²) >= 11 is 0.